The molecule has 1 aliphatic carbocycles. The zero-order valence-electron chi connectivity index (χ0n) is 17.8. The van der Waals surface area contributed by atoms with Gasteiger partial charge in [0.15, 0.2) is 0 Å². The lowest BCUT2D eigenvalue weighted by Crippen LogP contribution is -2.20. The highest BCUT2D eigenvalue weighted by Crippen LogP contribution is 2.21. The van der Waals surface area contributed by atoms with E-state index in [0.29, 0.717) is 69.9 Å². The fourth-order valence-electron chi connectivity index (χ4n) is 3.28. The first-order chi connectivity index (χ1) is 15.2. The number of nitrogens with two attached hydrogens (primary N) is 1. The number of hydrogen-bond acceptors (Lipinski definition) is 9. The van der Waals surface area contributed by atoms with E-state index in [0.717, 1.165) is 22.9 Å². The molecule has 0 spiro atoms. The molecule has 10 heteroatoms. The van der Waals surface area contributed by atoms with Gasteiger partial charge in [-0.15, -0.1) is 0 Å². The first-order valence-electron chi connectivity index (χ1n) is 10.8. The maximum atomic E-state index is 5.55. The minimum Gasteiger partial charge on any atom is -0.378 e. The second kappa shape index (κ2) is 13.4. The summed E-state index contributed by atoms with van der Waals surface area (Å²) in [7, 11) is 0. The normalized spacial score (nSPS) is 14.0. The highest BCUT2D eigenvalue weighted by molar-refractivity contribution is 9.10. The topological polar surface area (TPSA) is 119 Å². The zero-order valence-corrected chi connectivity index (χ0v) is 19.4. The number of hydrogen-bond donors (Lipinski definition) is 4. The third-order valence-corrected chi connectivity index (χ3v) is 5.38. The SMILES string of the molecule is NCCOCCOCCNc1nc(NCc2ccc(Br)cc2)nc(NC2CCCC2)n1. The molecular formula is C21H32BrN7O2. The van der Waals surface area contributed by atoms with Crippen LogP contribution in [0.4, 0.5) is 17.8 Å². The van der Waals surface area contributed by atoms with Crippen LogP contribution in [-0.2, 0) is 16.0 Å². The summed E-state index contributed by atoms with van der Waals surface area (Å²) in [5.41, 5.74) is 6.53. The molecule has 1 fully saturated rings. The monoisotopic (exact) mass is 493 g/mol. The fraction of sp³-hybridized carbons (Fsp3) is 0.571. The molecule has 2 aromatic rings. The van der Waals surface area contributed by atoms with Crippen molar-refractivity contribution in [1.82, 2.24) is 15.0 Å². The first kappa shape index (κ1) is 23.6. The van der Waals surface area contributed by atoms with E-state index in [4.69, 9.17) is 15.2 Å². The van der Waals surface area contributed by atoms with Crippen molar-refractivity contribution in [1.29, 1.82) is 0 Å². The molecule has 1 aromatic carbocycles. The van der Waals surface area contributed by atoms with E-state index in [-0.39, 0.29) is 0 Å². The van der Waals surface area contributed by atoms with Crippen molar-refractivity contribution in [3.8, 4) is 0 Å². The van der Waals surface area contributed by atoms with Gasteiger partial charge in [0.05, 0.1) is 26.4 Å². The van der Waals surface area contributed by atoms with Gasteiger partial charge < -0.3 is 31.2 Å². The molecule has 5 N–H and O–H groups in total. The van der Waals surface area contributed by atoms with Crippen LogP contribution in [0, 0.1) is 0 Å². The average Bonchev–Trinajstić information content (AvgIpc) is 3.28. The van der Waals surface area contributed by atoms with Crippen LogP contribution in [0.3, 0.4) is 0 Å². The lowest BCUT2D eigenvalue weighted by Gasteiger charge is -2.14. The Balaban J connectivity index is 1.53. The van der Waals surface area contributed by atoms with Gasteiger partial charge in [-0.1, -0.05) is 40.9 Å². The van der Waals surface area contributed by atoms with Crippen molar-refractivity contribution in [2.45, 2.75) is 38.3 Å². The highest BCUT2D eigenvalue weighted by Gasteiger charge is 2.17. The smallest absolute Gasteiger partial charge is 0.229 e. The van der Waals surface area contributed by atoms with Crippen LogP contribution >= 0.6 is 15.9 Å². The third kappa shape index (κ3) is 8.94. The van der Waals surface area contributed by atoms with Crippen molar-refractivity contribution in [3.05, 3.63) is 34.3 Å². The summed E-state index contributed by atoms with van der Waals surface area (Å²) in [6, 6.07) is 8.58. The molecule has 1 aliphatic rings. The Morgan fingerprint density at radius 2 is 1.52 bits per heavy atom. The molecule has 0 saturated heterocycles. The van der Waals surface area contributed by atoms with Crippen molar-refractivity contribution in [2.24, 2.45) is 5.73 Å². The van der Waals surface area contributed by atoms with Crippen LogP contribution in [0.1, 0.15) is 31.2 Å². The van der Waals surface area contributed by atoms with E-state index in [1.165, 1.54) is 12.8 Å². The van der Waals surface area contributed by atoms with Crippen molar-refractivity contribution >= 4 is 33.8 Å². The van der Waals surface area contributed by atoms with Crippen LogP contribution < -0.4 is 21.7 Å². The molecule has 0 unspecified atom stereocenters. The van der Waals surface area contributed by atoms with E-state index >= 15 is 0 Å². The molecule has 0 radical (unpaired) electrons. The highest BCUT2D eigenvalue weighted by atomic mass is 79.9. The van der Waals surface area contributed by atoms with Gasteiger partial charge in [0.2, 0.25) is 17.8 Å². The lowest BCUT2D eigenvalue weighted by molar-refractivity contribution is 0.0547. The van der Waals surface area contributed by atoms with Gasteiger partial charge in [-0.3, -0.25) is 0 Å². The predicted molar refractivity (Wildman–Crippen MR) is 126 cm³/mol. The molecular weight excluding hydrogens is 462 g/mol. The van der Waals surface area contributed by atoms with Crippen LogP contribution in [0.2, 0.25) is 0 Å². The van der Waals surface area contributed by atoms with Crippen molar-refractivity contribution in [3.63, 3.8) is 0 Å². The number of ether oxygens (including phenoxy) is 2. The number of anilines is 3. The van der Waals surface area contributed by atoms with Gasteiger partial charge >= 0.3 is 0 Å². The largest absolute Gasteiger partial charge is 0.378 e. The Morgan fingerprint density at radius 1 is 0.871 bits per heavy atom. The molecule has 1 saturated carbocycles. The molecule has 1 heterocycles. The summed E-state index contributed by atoms with van der Waals surface area (Å²) in [4.78, 5) is 13.6. The van der Waals surface area contributed by atoms with Gasteiger partial charge in [0, 0.05) is 30.1 Å². The van der Waals surface area contributed by atoms with Gasteiger partial charge in [-0.2, -0.15) is 15.0 Å². The van der Waals surface area contributed by atoms with Crippen LogP contribution in [0.15, 0.2) is 28.7 Å². The Labute approximate surface area is 192 Å². The molecule has 9 nitrogen and oxygen atoms in total. The van der Waals surface area contributed by atoms with Crippen LogP contribution in [0.5, 0.6) is 0 Å². The zero-order chi connectivity index (χ0) is 21.7. The first-order valence-corrected chi connectivity index (χ1v) is 11.6. The summed E-state index contributed by atoms with van der Waals surface area (Å²) in [5.74, 6) is 1.66. The maximum Gasteiger partial charge on any atom is 0.229 e. The summed E-state index contributed by atoms with van der Waals surface area (Å²) in [6.45, 7) is 3.91. The third-order valence-electron chi connectivity index (χ3n) is 4.85. The summed E-state index contributed by atoms with van der Waals surface area (Å²) >= 11 is 3.46. The molecule has 31 heavy (non-hydrogen) atoms. The quantitative estimate of drug-likeness (QED) is 0.294. The van der Waals surface area contributed by atoms with Gasteiger partial charge in [0.25, 0.3) is 0 Å². The van der Waals surface area contributed by atoms with Gasteiger partial charge in [0.1, 0.15) is 0 Å². The lowest BCUT2D eigenvalue weighted by atomic mass is 10.2. The fourth-order valence-corrected chi connectivity index (χ4v) is 3.54. The Morgan fingerprint density at radius 3 is 2.23 bits per heavy atom. The molecule has 0 amide bonds. The van der Waals surface area contributed by atoms with E-state index in [1.54, 1.807) is 0 Å². The maximum absolute atomic E-state index is 5.55. The predicted octanol–water partition coefficient (Wildman–Crippen LogP) is 3.00. The standard InChI is InChI=1S/C21H32BrN7O2/c22-17-7-5-16(6-8-17)15-25-20-27-19(24-10-12-31-14-13-30-11-9-23)28-21(29-20)26-18-3-1-2-4-18/h5-8,18H,1-4,9-15,23H2,(H3,24,25,26,27,28,29). The summed E-state index contributed by atoms with van der Waals surface area (Å²) in [5, 5.41) is 9.98. The molecule has 1 aromatic heterocycles. The van der Waals surface area contributed by atoms with Crippen molar-refractivity contribution in [2.75, 3.05) is 55.5 Å². The number of nitrogens with one attached hydrogen (secondary N) is 3. The number of aromatic nitrogens is 3. The second-order valence-electron chi connectivity index (χ2n) is 7.35. The molecule has 0 bridgehead atoms. The Bertz CT molecular complexity index is 773. The number of benzene rings is 1. The van der Waals surface area contributed by atoms with Crippen LogP contribution in [-0.4, -0.2) is 60.5 Å². The average molecular weight is 494 g/mol. The van der Waals surface area contributed by atoms with E-state index in [2.05, 4.69) is 59.0 Å². The number of nitrogens with zero attached hydrogens (tertiary/aromatic N) is 3. The Kier molecular flexibility index (Phi) is 10.2. The van der Waals surface area contributed by atoms with Crippen LogP contribution in [0.25, 0.3) is 0 Å². The number of rotatable bonds is 14. The minimum absolute atomic E-state index is 0.423. The van der Waals surface area contributed by atoms with Gasteiger partial charge in [-0.05, 0) is 30.5 Å². The van der Waals surface area contributed by atoms with Gasteiger partial charge in [-0.25, -0.2) is 0 Å². The molecule has 170 valence electrons. The summed E-state index contributed by atoms with van der Waals surface area (Å²) < 4.78 is 11.9. The Hall–Kier alpha value is -2.01. The van der Waals surface area contributed by atoms with E-state index in [9.17, 15) is 0 Å². The molecule has 3 rings (SSSR count). The minimum atomic E-state index is 0.423. The van der Waals surface area contributed by atoms with E-state index in [1.807, 2.05) is 12.1 Å². The molecule has 0 aliphatic heterocycles. The summed E-state index contributed by atoms with van der Waals surface area (Å²) in [6.07, 6.45) is 4.79. The number of halogens is 1. The van der Waals surface area contributed by atoms with E-state index < -0.39 is 0 Å². The molecule has 0 atom stereocenters. The second-order valence-corrected chi connectivity index (χ2v) is 8.27. The van der Waals surface area contributed by atoms with Crippen molar-refractivity contribution < 1.29 is 9.47 Å².